The van der Waals surface area contributed by atoms with Crippen molar-refractivity contribution >= 4 is 34.8 Å². The van der Waals surface area contributed by atoms with E-state index in [4.69, 9.17) is 0 Å². The first kappa shape index (κ1) is 20.9. The van der Waals surface area contributed by atoms with Gasteiger partial charge in [0.1, 0.15) is 23.1 Å². The Balaban J connectivity index is 2.55. The van der Waals surface area contributed by atoms with Crippen molar-refractivity contribution in [1.29, 1.82) is 0 Å². The number of hydrogen-bond donors (Lipinski definition) is 1. The summed E-state index contributed by atoms with van der Waals surface area (Å²) in [7, 11) is 0. The summed E-state index contributed by atoms with van der Waals surface area (Å²) in [6, 6.07) is 0. The Labute approximate surface area is 146 Å². The standard InChI is InChI=1S/C18H25NO6/c20-13-2-1-3-18(25)19-12-17(24)11-10-16(23)9-8-15(22)7-6-14(21)5-4-13/h1-12H2,(H,19,25). The molecule has 0 radical (unpaired) electrons. The van der Waals surface area contributed by atoms with E-state index in [1.807, 2.05) is 0 Å². The van der Waals surface area contributed by atoms with Gasteiger partial charge in [0.05, 0.1) is 6.54 Å². The first-order valence-corrected chi connectivity index (χ1v) is 8.72. The smallest absolute Gasteiger partial charge is 0.220 e. The van der Waals surface area contributed by atoms with Gasteiger partial charge in [0, 0.05) is 64.2 Å². The third-order valence-electron chi connectivity index (χ3n) is 4.07. The second kappa shape index (κ2) is 11.4. The fraction of sp³-hybridized carbons (Fsp3) is 0.667. The fourth-order valence-corrected chi connectivity index (χ4v) is 2.44. The zero-order valence-electron chi connectivity index (χ0n) is 14.4. The molecule has 0 aromatic heterocycles. The summed E-state index contributed by atoms with van der Waals surface area (Å²) in [5.74, 6) is -1.13. The molecule has 1 fully saturated rings. The molecule has 0 aromatic carbocycles. The summed E-state index contributed by atoms with van der Waals surface area (Å²) in [6.45, 7) is -0.131. The van der Waals surface area contributed by atoms with Crippen LogP contribution >= 0.6 is 0 Å². The van der Waals surface area contributed by atoms with E-state index >= 15 is 0 Å². The lowest BCUT2D eigenvalue weighted by molar-refractivity contribution is -0.127. The van der Waals surface area contributed by atoms with Crippen LogP contribution in [0.3, 0.4) is 0 Å². The molecule has 1 saturated heterocycles. The number of carbonyl (C=O) groups excluding carboxylic acids is 6. The minimum Gasteiger partial charge on any atom is -0.349 e. The number of Topliss-reactive ketones (excluding diaryl/α,β-unsaturated/α-hetero) is 5. The largest absolute Gasteiger partial charge is 0.349 e. The van der Waals surface area contributed by atoms with E-state index in [0.717, 1.165) is 0 Å². The predicted octanol–water partition coefficient (Wildman–Crippen LogP) is 1.25. The number of nitrogens with one attached hydrogen (secondary N) is 1. The number of carbonyl (C=O) groups is 6. The van der Waals surface area contributed by atoms with Crippen molar-refractivity contribution in [3.63, 3.8) is 0 Å². The Bertz CT molecular complexity index is 504. The molecule has 1 amide bonds. The quantitative estimate of drug-likeness (QED) is 0.702. The highest BCUT2D eigenvalue weighted by Crippen LogP contribution is 2.08. The Hall–Kier alpha value is -2.18. The lowest BCUT2D eigenvalue weighted by Gasteiger charge is -2.04. The third kappa shape index (κ3) is 10.3. The normalized spacial score (nSPS) is 21.3. The van der Waals surface area contributed by atoms with Gasteiger partial charge in [-0.2, -0.15) is 0 Å². The average molecular weight is 351 g/mol. The first-order chi connectivity index (χ1) is 11.9. The van der Waals surface area contributed by atoms with Gasteiger partial charge >= 0.3 is 0 Å². The van der Waals surface area contributed by atoms with Crippen LogP contribution in [0.5, 0.6) is 0 Å². The molecule has 0 atom stereocenters. The van der Waals surface area contributed by atoms with Gasteiger partial charge in [-0.15, -0.1) is 0 Å². The van der Waals surface area contributed by atoms with Gasteiger partial charge in [0.2, 0.25) is 5.91 Å². The summed E-state index contributed by atoms with van der Waals surface area (Å²) in [5, 5.41) is 2.47. The SMILES string of the molecule is O=C1CCCC(=O)NCC(=O)CCC(=O)CCC(=O)CCC(=O)CC1. The van der Waals surface area contributed by atoms with Crippen molar-refractivity contribution in [1.82, 2.24) is 5.32 Å². The topological polar surface area (TPSA) is 114 Å². The molecule has 1 rings (SSSR count). The summed E-state index contributed by atoms with van der Waals surface area (Å²) in [5.41, 5.74) is 0. The number of ketones is 5. The average Bonchev–Trinajstić information content (AvgIpc) is 2.58. The highest BCUT2D eigenvalue weighted by molar-refractivity contribution is 5.92. The highest BCUT2D eigenvalue weighted by Gasteiger charge is 2.14. The van der Waals surface area contributed by atoms with Crippen molar-refractivity contribution in [3.8, 4) is 0 Å². The van der Waals surface area contributed by atoms with Gasteiger partial charge in [0.25, 0.3) is 0 Å². The van der Waals surface area contributed by atoms with E-state index in [9.17, 15) is 28.8 Å². The van der Waals surface area contributed by atoms with E-state index in [1.165, 1.54) is 0 Å². The molecule has 0 aromatic rings. The predicted molar refractivity (Wildman–Crippen MR) is 88.8 cm³/mol. The molecule has 7 nitrogen and oxygen atoms in total. The van der Waals surface area contributed by atoms with Crippen LogP contribution in [0.1, 0.15) is 70.6 Å². The van der Waals surface area contributed by atoms with Crippen LogP contribution < -0.4 is 5.32 Å². The van der Waals surface area contributed by atoms with Gasteiger partial charge in [-0.3, -0.25) is 28.8 Å². The highest BCUT2D eigenvalue weighted by atomic mass is 16.2. The number of rotatable bonds is 0. The molecular formula is C18H25NO6. The zero-order chi connectivity index (χ0) is 18.7. The van der Waals surface area contributed by atoms with Gasteiger partial charge in [0.15, 0.2) is 5.78 Å². The molecule has 0 aliphatic carbocycles. The maximum atomic E-state index is 11.7. The molecule has 0 unspecified atom stereocenters. The van der Waals surface area contributed by atoms with E-state index < -0.39 is 0 Å². The van der Waals surface area contributed by atoms with E-state index in [2.05, 4.69) is 5.32 Å². The van der Waals surface area contributed by atoms with Crippen molar-refractivity contribution in [2.24, 2.45) is 0 Å². The maximum absolute atomic E-state index is 11.7. The lowest BCUT2D eigenvalue weighted by atomic mass is 10.0. The minimum absolute atomic E-state index is 0.0320. The summed E-state index contributed by atoms with van der Waals surface area (Å²) >= 11 is 0. The molecule has 25 heavy (non-hydrogen) atoms. The number of hydrogen-bond acceptors (Lipinski definition) is 6. The Morgan fingerprint density at radius 1 is 0.440 bits per heavy atom. The fourth-order valence-electron chi connectivity index (χ4n) is 2.44. The third-order valence-corrected chi connectivity index (χ3v) is 4.07. The molecule has 1 N–H and O–H groups in total. The second-order valence-corrected chi connectivity index (χ2v) is 6.32. The van der Waals surface area contributed by atoms with Crippen LogP contribution in [0, 0.1) is 0 Å². The maximum Gasteiger partial charge on any atom is 0.220 e. The molecule has 0 saturated carbocycles. The summed E-state index contributed by atoms with van der Waals surface area (Å²) in [4.78, 5) is 70.0. The van der Waals surface area contributed by atoms with Crippen molar-refractivity contribution in [2.75, 3.05) is 6.54 Å². The zero-order valence-corrected chi connectivity index (χ0v) is 14.4. The van der Waals surface area contributed by atoms with Crippen LogP contribution in [0.4, 0.5) is 0 Å². The summed E-state index contributed by atoms with van der Waals surface area (Å²) < 4.78 is 0. The van der Waals surface area contributed by atoms with Crippen LogP contribution in [-0.2, 0) is 28.8 Å². The van der Waals surface area contributed by atoms with Gasteiger partial charge in [-0.25, -0.2) is 0 Å². The molecule has 0 bridgehead atoms. The van der Waals surface area contributed by atoms with Crippen LogP contribution in [0.25, 0.3) is 0 Å². The van der Waals surface area contributed by atoms with Crippen molar-refractivity contribution in [3.05, 3.63) is 0 Å². The molecule has 1 aliphatic heterocycles. The van der Waals surface area contributed by atoms with Gasteiger partial charge in [-0.05, 0) is 6.42 Å². The van der Waals surface area contributed by atoms with Crippen LogP contribution in [0.2, 0.25) is 0 Å². The Kier molecular flexibility index (Phi) is 9.50. The lowest BCUT2D eigenvalue weighted by Crippen LogP contribution is -2.29. The molecule has 7 heteroatoms. The second-order valence-electron chi connectivity index (χ2n) is 6.32. The summed E-state index contributed by atoms with van der Waals surface area (Å²) in [6.07, 6.45) is 1.31. The van der Waals surface area contributed by atoms with E-state index in [0.29, 0.717) is 6.42 Å². The van der Waals surface area contributed by atoms with Gasteiger partial charge < -0.3 is 5.32 Å². The Morgan fingerprint density at radius 3 is 1.24 bits per heavy atom. The molecule has 0 spiro atoms. The van der Waals surface area contributed by atoms with Crippen LogP contribution in [0.15, 0.2) is 0 Å². The van der Waals surface area contributed by atoms with Crippen LogP contribution in [-0.4, -0.2) is 41.4 Å². The monoisotopic (exact) mass is 351 g/mol. The van der Waals surface area contributed by atoms with E-state index in [-0.39, 0.29) is 106 Å². The van der Waals surface area contributed by atoms with Crippen molar-refractivity contribution < 1.29 is 28.8 Å². The minimum atomic E-state index is -0.313. The van der Waals surface area contributed by atoms with E-state index in [1.54, 1.807) is 0 Å². The Morgan fingerprint density at radius 2 is 0.800 bits per heavy atom. The number of amides is 1. The molecule has 138 valence electrons. The first-order valence-electron chi connectivity index (χ1n) is 8.72. The molecule has 1 aliphatic rings. The van der Waals surface area contributed by atoms with Crippen molar-refractivity contribution in [2.45, 2.75) is 70.6 Å². The van der Waals surface area contributed by atoms with Gasteiger partial charge in [-0.1, -0.05) is 0 Å². The molecular weight excluding hydrogens is 326 g/mol. The molecule has 1 heterocycles.